The SMILES string of the molecule is NC1(c2ccc(F)cc2)OOC2(CCCCC2)c2ccccc21. The van der Waals surface area contributed by atoms with Gasteiger partial charge in [0.2, 0.25) is 5.72 Å². The molecule has 0 saturated heterocycles. The fraction of sp³-hybridized carbons (Fsp3) is 0.368. The predicted octanol–water partition coefficient (Wildman–Crippen LogP) is 4.11. The molecule has 0 bridgehead atoms. The fourth-order valence-electron chi connectivity index (χ4n) is 3.82. The third-order valence-electron chi connectivity index (χ3n) is 5.08. The summed E-state index contributed by atoms with van der Waals surface area (Å²) in [5.41, 5.74) is 7.62. The lowest BCUT2D eigenvalue weighted by atomic mass is 9.75. The van der Waals surface area contributed by atoms with Gasteiger partial charge in [0.05, 0.1) is 0 Å². The third kappa shape index (κ3) is 2.29. The van der Waals surface area contributed by atoms with E-state index in [-0.39, 0.29) is 5.82 Å². The Kier molecular flexibility index (Phi) is 3.48. The first-order valence-electron chi connectivity index (χ1n) is 8.16. The molecule has 1 heterocycles. The highest BCUT2D eigenvalue weighted by Gasteiger charge is 2.49. The van der Waals surface area contributed by atoms with E-state index in [4.69, 9.17) is 15.5 Å². The van der Waals surface area contributed by atoms with E-state index in [1.54, 1.807) is 12.1 Å². The largest absolute Gasteiger partial charge is 0.293 e. The highest BCUT2D eigenvalue weighted by Crippen LogP contribution is 2.49. The lowest BCUT2D eigenvalue weighted by Gasteiger charge is -2.46. The molecular weight excluding hydrogens is 293 g/mol. The Morgan fingerprint density at radius 2 is 1.48 bits per heavy atom. The van der Waals surface area contributed by atoms with E-state index in [2.05, 4.69) is 6.07 Å². The predicted molar refractivity (Wildman–Crippen MR) is 84.7 cm³/mol. The van der Waals surface area contributed by atoms with Crippen LogP contribution in [0.3, 0.4) is 0 Å². The number of benzene rings is 2. The monoisotopic (exact) mass is 313 g/mol. The quantitative estimate of drug-likeness (QED) is 0.806. The van der Waals surface area contributed by atoms with Crippen molar-refractivity contribution in [1.82, 2.24) is 0 Å². The van der Waals surface area contributed by atoms with Gasteiger partial charge in [-0.1, -0.05) is 55.7 Å². The lowest BCUT2D eigenvalue weighted by Crippen LogP contribution is -2.50. The molecule has 0 aromatic heterocycles. The van der Waals surface area contributed by atoms with Crippen LogP contribution in [0.4, 0.5) is 4.39 Å². The summed E-state index contributed by atoms with van der Waals surface area (Å²) in [6.07, 6.45) is 5.32. The van der Waals surface area contributed by atoms with E-state index in [1.165, 1.54) is 18.6 Å². The normalized spacial score (nSPS) is 26.0. The Hall–Kier alpha value is -1.75. The summed E-state index contributed by atoms with van der Waals surface area (Å²) in [5, 5.41) is 0. The van der Waals surface area contributed by atoms with Gasteiger partial charge in [-0.3, -0.25) is 5.73 Å². The Balaban J connectivity index is 1.84. The molecule has 0 amide bonds. The molecule has 1 aliphatic heterocycles. The van der Waals surface area contributed by atoms with Crippen LogP contribution < -0.4 is 5.73 Å². The second-order valence-corrected chi connectivity index (χ2v) is 6.51. The second kappa shape index (κ2) is 5.41. The minimum atomic E-state index is -1.22. The smallest absolute Gasteiger partial charge is 0.203 e. The average Bonchev–Trinajstić information content (AvgIpc) is 2.60. The summed E-state index contributed by atoms with van der Waals surface area (Å²) in [4.78, 5) is 11.7. The van der Waals surface area contributed by atoms with Crippen LogP contribution in [0, 0.1) is 5.82 Å². The van der Waals surface area contributed by atoms with Gasteiger partial charge in [0.25, 0.3) is 0 Å². The molecule has 0 radical (unpaired) electrons. The summed E-state index contributed by atoms with van der Waals surface area (Å²) in [6.45, 7) is 0. The maximum absolute atomic E-state index is 13.2. The van der Waals surface area contributed by atoms with Gasteiger partial charge in [-0.15, -0.1) is 0 Å². The van der Waals surface area contributed by atoms with E-state index in [0.717, 1.165) is 36.8 Å². The zero-order valence-electron chi connectivity index (χ0n) is 12.9. The minimum Gasteiger partial charge on any atom is -0.293 e. The van der Waals surface area contributed by atoms with Crippen molar-refractivity contribution >= 4 is 0 Å². The molecule has 23 heavy (non-hydrogen) atoms. The van der Waals surface area contributed by atoms with Crippen LogP contribution in [0.5, 0.6) is 0 Å². The van der Waals surface area contributed by atoms with Gasteiger partial charge in [0, 0.05) is 11.1 Å². The Bertz CT molecular complexity index is 710. The Morgan fingerprint density at radius 1 is 0.826 bits per heavy atom. The lowest BCUT2D eigenvalue weighted by molar-refractivity contribution is -0.431. The van der Waals surface area contributed by atoms with Gasteiger partial charge in [-0.05, 0) is 30.5 Å². The first kappa shape index (κ1) is 14.8. The first-order valence-corrected chi connectivity index (χ1v) is 8.16. The molecule has 1 saturated carbocycles. The molecule has 120 valence electrons. The van der Waals surface area contributed by atoms with Crippen LogP contribution >= 0.6 is 0 Å². The standard InChI is InChI=1S/C19H20FNO2/c20-15-10-8-14(9-11-15)19(21)17-7-3-2-6-16(17)18(22-23-19)12-4-1-5-13-18/h2-3,6-11H,1,4-5,12-13,21H2. The molecule has 3 nitrogen and oxygen atoms in total. The Labute approximate surface area is 135 Å². The zero-order chi connectivity index (χ0) is 15.9. The summed E-state index contributed by atoms with van der Waals surface area (Å²) in [5.74, 6) is -0.300. The molecule has 1 atom stereocenters. The van der Waals surface area contributed by atoms with Gasteiger partial charge in [-0.25, -0.2) is 14.2 Å². The van der Waals surface area contributed by atoms with Gasteiger partial charge in [0.1, 0.15) is 11.4 Å². The van der Waals surface area contributed by atoms with Crippen LogP contribution in [0.25, 0.3) is 0 Å². The summed E-state index contributed by atoms with van der Waals surface area (Å²) in [7, 11) is 0. The topological polar surface area (TPSA) is 44.5 Å². The molecule has 2 aromatic rings. The van der Waals surface area contributed by atoms with Crippen molar-refractivity contribution in [3.63, 3.8) is 0 Å². The van der Waals surface area contributed by atoms with Crippen LogP contribution in [-0.4, -0.2) is 0 Å². The molecular formula is C19H20FNO2. The van der Waals surface area contributed by atoms with E-state index < -0.39 is 11.3 Å². The summed E-state index contributed by atoms with van der Waals surface area (Å²) >= 11 is 0. The first-order chi connectivity index (χ1) is 11.1. The number of halogens is 1. The number of nitrogens with two attached hydrogens (primary N) is 1. The van der Waals surface area contributed by atoms with Crippen molar-refractivity contribution in [2.45, 2.75) is 43.4 Å². The maximum atomic E-state index is 13.2. The van der Waals surface area contributed by atoms with Gasteiger partial charge < -0.3 is 0 Å². The van der Waals surface area contributed by atoms with Crippen molar-refractivity contribution in [2.24, 2.45) is 5.73 Å². The van der Waals surface area contributed by atoms with Crippen LogP contribution in [0.2, 0.25) is 0 Å². The van der Waals surface area contributed by atoms with E-state index in [9.17, 15) is 4.39 Å². The molecule has 1 spiro atoms. The van der Waals surface area contributed by atoms with E-state index in [0.29, 0.717) is 5.56 Å². The summed E-state index contributed by atoms with van der Waals surface area (Å²) < 4.78 is 13.2. The van der Waals surface area contributed by atoms with Gasteiger partial charge in [-0.2, -0.15) is 0 Å². The molecule has 1 unspecified atom stereocenters. The third-order valence-corrected chi connectivity index (χ3v) is 5.08. The van der Waals surface area contributed by atoms with E-state index in [1.807, 2.05) is 18.2 Å². The van der Waals surface area contributed by atoms with Crippen LogP contribution in [0.15, 0.2) is 48.5 Å². The molecule has 2 aliphatic rings. The maximum Gasteiger partial charge on any atom is 0.203 e. The van der Waals surface area contributed by atoms with Crippen molar-refractivity contribution < 1.29 is 14.2 Å². The Morgan fingerprint density at radius 3 is 2.17 bits per heavy atom. The number of rotatable bonds is 1. The molecule has 2 aromatic carbocycles. The van der Waals surface area contributed by atoms with Crippen molar-refractivity contribution in [3.8, 4) is 0 Å². The molecule has 1 fully saturated rings. The zero-order valence-corrected chi connectivity index (χ0v) is 12.9. The number of fused-ring (bicyclic) bond motifs is 2. The molecule has 4 rings (SSSR count). The highest BCUT2D eigenvalue weighted by molar-refractivity contribution is 5.44. The highest BCUT2D eigenvalue weighted by atomic mass is 19.1. The van der Waals surface area contributed by atoms with Gasteiger partial charge in [0.15, 0.2) is 0 Å². The van der Waals surface area contributed by atoms with E-state index >= 15 is 0 Å². The van der Waals surface area contributed by atoms with Gasteiger partial charge >= 0.3 is 0 Å². The minimum absolute atomic E-state index is 0.300. The van der Waals surface area contributed by atoms with Crippen LogP contribution in [0.1, 0.15) is 48.8 Å². The summed E-state index contributed by atoms with van der Waals surface area (Å²) in [6, 6.07) is 14.1. The van der Waals surface area contributed by atoms with Crippen molar-refractivity contribution in [1.29, 1.82) is 0 Å². The van der Waals surface area contributed by atoms with Crippen LogP contribution in [-0.2, 0) is 21.1 Å². The average molecular weight is 313 g/mol. The fourth-order valence-corrected chi connectivity index (χ4v) is 3.82. The molecule has 2 N–H and O–H groups in total. The second-order valence-electron chi connectivity index (χ2n) is 6.51. The molecule has 1 aliphatic carbocycles. The van der Waals surface area contributed by atoms with Crippen molar-refractivity contribution in [2.75, 3.05) is 0 Å². The molecule has 4 heteroatoms. The number of hydrogen-bond acceptors (Lipinski definition) is 3. The van der Waals surface area contributed by atoms with Crippen molar-refractivity contribution in [3.05, 3.63) is 71.0 Å². The number of hydrogen-bond donors (Lipinski definition) is 1.